The van der Waals surface area contributed by atoms with Crippen LogP contribution in [-0.4, -0.2) is 42.0 Å². The van der Waals surface area contributed by atoms with Gasteiger partial charge < -0.3 is 5.73 Å². The number of halogens is 1. The van der Waals surface area contributed by atoms with Gasteiger partial charge in [-0.1, -0.05) is 6.07 Å². The lowest BCUT2D eigenvalue weighted by atomic mass is 10.1. The number of hydrogen-bond acceptors (Lipinski definition) is 3. The zero-order valence-corrected chi connectivity index (χ0v) is 11.3. The molecule has 0 spiro atoms. The lowest BCUT2D eigenvalue weighted by molar-refractivity contribution is 0.230. The standard InChI is InChI=1S/C15H22FN3/c16-13-4-3-12(15(17)9-13)10-18-8-5-14(11-18)19-6-1-2-7-19/h3-4,9,14H,1-2,5-8,10-11,17H2. The fraction of sp³-hybridized carbons (Fsp3) is 0.600. The average molecular weight is 263 g/mol. The van der Waals surface area contributed by atoms with E-state index in [0.717, 1.165) is 25.2 Å². The van der Waals surface area contributed by atoms with E-state index in [0.29, 0.717) is 11.7 Å². The van der Waals surface area contributed by atoms with Gasteiger partial charge in [0.15, 0.2) is 0 Å². The molecule has 4 heteroatoms. The topological polar surface area (TPSA) is 32.5 Å². The summed E-state index contributed by atoms with van der Waals surface area (Å²) >= 11 is 0. The van der Waals surface area contributed by atoms with E-state index in [9.17, 15) is 4.39 Å². The molecule has 0 saturated carbocycles. The van der Waals surface area contributed by atoms with Crippen LogP contribution in [0.2, 0.25) is 0 Å². The van der Waals surface area contributed by atoms with Gasteiger partial charge in [-0.25, -0.2) is 4.39 Å². The minimum absolute atomic E-state index is 0.252. The highest BCUT2D eigenvalue weighted by Crippen LogP contribution is 2.23. The zero-order chi connectivity index (χ0) is 13.2. The van der Waals surface area contributed by atoms with Gasteiger partial charge in [0.05, 0.1) is 0 Å². The highest BCUT2D eigenvalue weighted by molar-refractivity contribution is 5.46. The van der Waals surface area contributed by atoms with Gasteiger partial charge in [0.1, 0.15) is 5.82 Å². The Morgan fingerprint density at radius 1 is 1.21 bits per heavy atom. The molecule has 0 aliphatic carbocycles. The van der Waals surface area contributed by atoms with E-state index in [1.807, 2.05) is 6.07 Å². The summed E-state index contributed by atoms with van der Waals surface area (Å²) in [5, 5.41) is 0. The van der Waals surface area contributed by atoms with Crippen molar-refractivity contribution in [3.8, 4) is 0 Å². The molecule has 1 unspecified atom stereocenters. The van der Waals surface area contributed by atoms with Crippen LogP contribution in [0.5, 0.6) is 0 Å². The van der Waals surface area contributed by atoms with E-state index in [4.69, 9.17) is 5.73 Å². The molecule has 2 heterocycles. The van der Waals surface area contributed by atoms with Crippen LogP contribution in [0.15, 0.2) is 18.2 Å². The van der Waals surface area contributed by atoms with Crippen molar-refractivity contribution in [1.29, 1.82) is 0 Å². The minimum atomic E-state index is -0.252. The van der Waals surface area contributed by atoms with Crippen molar-refractivity contribution in [2.24, 2.45) is 0 Å². The van der Waals surface area contributed by atoms with Gasteiger partial charge in [0, 0.05) is 31.4 Å². The van der Waals surface area contributed by atoms with Gasteiger partial charge >= 0.3 is 0 Å². The van der Waals surface area contributed by atoms with Crippen molar-refractivity contribution in [3.63, 3.8) is 0 Å². The molecule has 2 N–H and O–H groups in total. The molecule has 19 heavy (non-hydrogen) atoms. The summed E-state index contributed by atoms with van der Waals surface area (Å²) in [6.45, 7) is 5.61. The Kier molecular flexibility index (Phi) is 3.71. The Bertz CT molecular complexity index is 443. The molecule has 0 aromatic heterocycles. The first-order chi connectivity index (χ1) is 9.22. The summed E-state index contributed by atoms with van der Waals surface area (Å²) in [6.07, 6.45) is 3.95. The number of hydrogen-bond donors (Lipinski definition) is 1. The molecular formula is C15H22FN3. The van der Waals surface area contributed by atoms with Gasteiger partial charge in [-0.15, -0.1) is 0 Å². The Balaban J connectivity index is 1.59. The van der Waals surface area contributed by atoms with Crippen LogP contribution in [0.4, 0.5) is 10.1 Å². The first-order valence-electron chi connectivity index (χ1n) is 7.23. The highest BCUT2D eigenvalue weighted by atomic mass is 19.1. The lowest BCUT2D eigenvalue weighted by Crippen LogP contribution is -2.35. The van der Waals surface area contributed by atoms with Crippen LogP contribution in [0.3, 0.4) is 0 Å². The largest absolute Gasteiger partial charge is 0.398 e. The maximum absolute atomic E-state index is 13.0. The summed E-state index contributed by atoms with van der Waals surface area (Å²) < 4.78 is 13.0. The Labute approximate surface area is 114 Å². The van der Waals surface area contributed by atoms with Gasteiger partial charge in [-0.3, -0.25) is 9.80 Å². The highest BCUT2D eigenvalue weighted by Gasteiger charge is 2.29. The lowest BCUT2D eigenvalue weighted by Gasteiger charge is -2.24. The molecule has 1 aromatic rings. The summed E-state index contributed by atoms with van der Waals surface area (Å²) in [5.74, 6) is -0.252. The molecule has 1 aromatic carbocycles. The SMILES string of the molecule is Nc1cc(F)ccc1CN1CCC(N2CCCC2)C1. The Morgan fingerprint density at radius 3 is 2.74 bits per heavy atom. The van der Waals surface area contributed by atoms with E-state index in [1.165, 1.54) is 44.5 Å². The van der Waals surface area contributed by atoms with Crippen molar-refractivity contribution in [3.05, 3.63) is 29.6 Å². The van der Waals surface area contributed by atoms with E-state index < -0.39 is 0 Å². The molecule has 0 amide bonds. The van der Waals surface area contributed by atoms with Crippen LogP contribution in [-0.2, 0) is 6.54 Å². The summed E-state index contributed by atoms with van der Waals surface area (Å²) in [5.41, 5.74) is 7.50. The fourth-order valence-electron chi connectivity index (χ4n) is 3.31. The molecule has 0 bridgehead atoms. The van der Waals surface area contributed by atoms with Crippen LogP contribution in [0.1, 0.15) is 24.8 Å². The van der Waals surface area contributed by atoms with Crippen molar-refractivity contribution in [2.45, 2.75) is 31.8 Å². The van der Waals surface area contributed by atoms with Crippen molar-refractivity contribution >= 4 is 5.69 Å². The number of nitrogen functional groups attached to an aromatic ring is 1. The predicted octanol–water partition coefficient (Wildman–Crippen LogP) is 2.08. The van der Waals surface area contributed by atoms with Crippen molar-refractivity contribution in [2.75, 3.05) is 31.9 Å². The average Bonchev–Trinajstić information content (AvgIpc) is 3.03. The predicted molar refractivity (Wildman–Crippen MR) is 75.3 cm³/mol. The summed E-state index contributed by atoms with van der Waals surface area (Å²) in [6, 6.07) is 5.45. The number of nitrogens with two attached hydrogens (primary N) is 1. The molecule has 3 nitrogen and oxygen atoms in total. The third-order valence-electron chi connectivity index (χ3n) is 4.41. The number of rotatable bonds is 3. The molecule has 2 aliphatic heterocycles. The first kappa shape index (κ1) is 12.9. The van der Waals surface area contributed by atoms with Crippen LogP contribution >= 0.6 is 0 Å². The summed E-state index contributed by atoms with van der Waals surface area (Å²) in [7, 11) is 0. The van der Waals surface area contributed by atoms with Gasteiger partial charge in [0.2, 0.25) is 0 Å². The second kappa shape index (κ2) is 5.47. The van der Waals surface area contributed by atoms with E-state index >= 15 is 0 Å². The maximum Gasteiger partial charge on any atom is 0.125 e. The summed E-state index contributed by atoms with van der Waals surface area (Å²) in [4.78, 5) is 5.06. The smallest absolute Gasteiger partial charge is 0.125 e. The zero-order valence-electron chi connectivity index (χ0n) is 11.3. The first-order valence-corrected chi connectivity index (χ1v) is 7.23. The van der Waals surface area contributed by atoms with Gasteiger partial charge in [0.25, 0.3) is 0 Å². The third-order valence-corrected chi connectivity index (χ3v) is 4.41. The molecule has 2 aliphatic rings. The normalized spacial score (nSPS) is 25.2. The quantitative estimate of drug-likeness (QED) is 0.847. The van der Waals surface area contributed by atoms with Crippen molar-refractivity contribution in [1.82, 2.24) is 9.80 Å². The second-order valence-corrected chi connectivity index (χ2v) is 5.76. The van der Waals surface area contributed by atoms with E-state index in [-0.39, 0.29) is 5.82 Å². The Hall–Kier alpha value is -1.13. The Morgan fingerprint density at radius 2 is 2.00 bits per heavy atom. The molecule has 2 saturated heterocycles. The van der Waals surface area contributed by atoms with Gasteiger partial charge in [-0.2, -0.15) is 0 Å². The molecule has 104 valence electrons. The van der Waals surface area contributed by atoms with E-state index in [1.54, 1.807) is 0 Å². The number of likely N-dealkylation sites (tertiary alicyclic amines) is 2. The molecule has 0 radical (unpaired) electrons. The minimum Gasteiger partial charge on any atom is -0.398 e. The number of benzene rings is 1. The molecule has 1 atom stereocenters. The number of anilines is 1. The van der Waals surface area contributed by atoms with Crippen LogP contribution < -0.4 is 5.73 Å². The van der Waals surface area contributed by atoms with Crippen LogP contribution in [0, 0.1) is 5.82 Å². The molecular weight excluding hydrogens is 241 g/mol. The van der Waals surface area contributed by atoms with E-state index in [2.05, 4.69) is 9.80 Å². The maximum atomic E-state index is 13.0. The van der Waals surface area contributed by atoms with Crippen LogP contribution in [0.25, 0.3) is 0 Å². The molecule has 2 fully saturated rings. The van der Waals surface area contributed by atoms with Crippen molar-refractivity contribution < 1.29 is 4.39 Å². The second-order valence-electron chi connectivity index (χ2n) is 5.76. The fourth-order valence-corrected chi connectivity index (χ4v) is 3.31. The number of nitrogens with zero attached hydrogens (tertiary/aromatic N) is 2. The third kappa shape index (κ3) is 2.90. The monoisotopic (exact) mass is 263 g/mol. The molecule has 3 rings (SSSR count). The van der Waals surface area contributed by atoms with Gasteiger partial charge in [-0.05, 0) is 50.0 Å².